The summed E-state index contributed by atoms with van der Waals surface area (Å²) in [6, 6.07) is 9.87. The highest BCUT2D eigenvalue weighted by molar-refractivity contribution is 5.94. The molecule has 27 heavy (non-hydrogen) atoms. The zero-order valence-electron chi connectivity index (χ0n) is 13.9. The van der Waals surface area contributed by atoms with Crippen molar-refractivity contribution >= 4 is 17.4 Å². The Morgan fingerprint density at radius 3 is 2.63 bits per heavy atom. The van der Waals surface area contributed by atoms with Crippen LogP contribution in [0.5, 0.6) is 0 Å². The number of hydrogen-bond donors (Lipinski definition) is 2. The van der Waals surface area contributed by atoms with Crippen LogP contribution in [0.4, 0.5) is 24.7 Å². The monoisotopic (exact) mass is 373 g/mol. The van der Waals surface area contributed by atoms with E-state index in [0.717, 1.165) is 12.1 Å². The quantitative estimate of drug-likeness (QED) is 0.738. The fourth-order valence-corrected chi connectivity index (χ4v) is 2.86. The Morgan fingerprint density at radius 2 is 1.93 bits per heavy atom. The van der Waals surface area contributed by atoms with E-state index in [0.29, 0.717) is 41.5 Å². The van der Waals surface area contributed by atoms with Crippen molar-refractivity contribution in [2.45, 2.75) is 12.7 Å². The number of fused-ring (bicyclic) bond motifs is 1. The summed E-state index contributed by atoms with van der Waals surface area (Å²) in [5.74, 6) is 0.245. The third-order valence-electron chi connectivity index (χ3n) is 4.18. The lowest BCUT2D eigenvalue weighted by atomic mass is 10.1. The number of amides is 1. The van der Waals surface area contributed by atoms with E-state index in [4.69, 9.17) is 0 Å². The molecule has 6 nitrogen and oxygen atoms in total. The van der Waals surface area contributed by atoms with Crippen molar-refractivity contribution in [3.8, 4) is 11.3 Å². The maximum absolute atomic E-state index is 12.7. The summed E-state index contributed by atoms with van der Waals surface area (Å²) >= 11 is 0. The van der Waals surface area contributed by atoms with Crippen LogP contribution in [-0.2, 0) is 12.7 Å². The summed E-state index contributed by atoms with van der Waals surface area (Å²) in [4.78, 5) is 16.2. The van der Waals surface area contributed by atoms with E-state index in [2.05, 4.69) is 20.7 Å². The maximum atomic E-state index is 12.7. The van der Waals surface area contributed by atoms with Crippen LogP contribution in [0, 0.1) is 0 Å². The van der Waals surface area contributed by atoms with Gasteiger partial charge in [0.15, 0.2) is 0 Å². The lowest BCUT2D eigenvalue weighted by Gasteiger charge is -2.13. The molecule has 1 aliphatic heterocycles. The highest BCUT2D eigenvalue weighted by Crippen LogP contribution is 2.32. The number of pyridine rings is 1. The first-order valence-corrected chi connectivity index (χ1v) is 8.17. The molecular formula is C18H14F3N5O. The van der Waals surface area contributed by atoms with E-state index in [-0.39, 0.29) is 5.91 Å². The number of alkyl halides is 3. The second-order valence-corrected chi connectivity index (χ2v) is 5.99. The van der Waals surface area contributed by atoms with E-state index in [9.17, 15) is 18.0 Å². The van der Waals surface area contributed by atoms with Crippen LogP contribution in [-0.4, -0.2) is 27.2 Å². The standard InChI is InChI=1S/C18H14F3N5O/c19-18(20,21)11-3-5-12(6-4-11)24-16-13(2-1-7-22-16)14-10-15-17(27)23-8-9-26(15)25-14/h1-7,10H,8-9H2,(H,22,24)(H,23,27). The molecule has 3 aromatic rings. The van der Waals surface area contributed by atoms with E-state index in [1.807, 2.05) is 0 Å². The van der Waals surface area contributed by atoms with Gasteiger partial charge in [-0.1, -0.05) is 0 Å². The molecule has 4 rings (SSSR count). The molecule has 0 bridgehead atoms. The van der Waals surface area contributed by atoms with Crippen LogP contribution in [0.2, 0.25) is 0 Å². The smallest absolute Gasteiger partial charge is 0.349 e. The largest absolute Gasteiger partial charge is 0.416 e. The fraction of sp³-hybridized carbons (Fsp3) is 0.167. The number of hydrogen-bond acceptors (Lipinski definition) is 4. The molecule has 3 heterocycles. The molecule has 0 saturated heterocycles. The first-order valence-electron chi connectivity index (χ1n) is 8.17. The Morgan fingerprint density at radius 1 is 1.15 bits per heavy atom. The summed E-state index contributed by atoms with van der Waals surface area (Å²) in [6.45, 7) is 1.08. The number of aromatic nitrogens is 3. The Labute approximate surface area is 152 Å². The van der Waals surface area contributed by atoms with Crippen molar-refractivity contribution in [3.63, 3.8) is 0 Å². The van der Waals surface area contributed by atoms with Crippen molar-refractivity contribution in [3.05, 3.63) is 59.9 Å². The third kappa shape index (κ3) is 3.35. The molecule has 1 aliphatic rings. The molecule has 138 valence electrons. The number of halogens is 3. The van der Waals surface area contributed by atoms with Crippen molar-refractivity contribution in [1.29, 1.82) is 0 Å². The van der Waals surface area contributed by atoms with Gasteiger partial charge in [0, 0.05) is 24.0 Å². The van der Waals surface area contributed by atoms with Gasteiger partial charge in [0.2, 0.25) is 0 Å². The highest BCUT2D eigenvalue weighted by atomic mass is 19.4. The first-order chi connectivity index (χ1) is 12.9. The van der Waals surface area contributed by atoms with Gasteiger partial charge in [0.1, 0.15) is 11.5 Å². The molecule has 1 amide bonds. The summed E-state index contributed by atoms with van der Waals surface area (Å²) in [6.07, 6.45) is -2.82. The van der Waals surface area contributed by atoms with Crippen molar-refractivity contribution < 1.29 is 18.0 Å². The van der Waals surface area contributed by atoms with Crippen LogP contribution in [0.3, 0.4) is 0 Å². The number of nitrogens with zero attached hydrogens (tertiary/aromatic N) is 3. The van der Waals surface area contributed by atoms with E-state index >= 15 is 0 Å². The van der Waals surface area contributed by atoms with Crippen LogP contribution in [0.25, 0.3) is 11.3 Å². The van der Waals surface area contributed by atoms with Crippen molar-refractivity contribution in [1.82, 2.24) is 20.1 Å². The third-order valence-corrected chi connectivity index (χ3v) is 4.18. The van der Waals surface area contributed by atoms with E-state index in [1.165, 1.54) is 12.1 Å². The molecule has 0 radical (unpaired) electrons. The lowest BCUT2D eigenvalue weighted by molar-refractivity contribution is -0.137. The molecule has 2 aromatic heterocycles. The molecule has 0 aliphatic carbocycles. The minimum absolute atomic E-state index is 0.193. The summed E-state index contributed by atoms with van der Waals surface area (Å²) in [7, 11) is 0. The molecule has 9 heteroatoms. The number of carbonyl (C=O) groups excluding carboxylic acids is 1. The summed E-state index contributed by atoms with van der Waals surface area (Å²) in [5.41, 5.74) is 1.41. The van der Waals surface area contributed by atoms with Gasteiger partial charge >= 0.3 is 6.18 Å². The highest BCUT2D eigenvalue weighted by Gasteiger charge is 2.30. The zero-order chi connectivity index (χ0) is 19.0. The number of anilines is 2. The maximum Gasteiger partial charge on any atom is 0.416 e. The number of carbonyl (C=O) groups is 1. The number of benzene rings is 1. The fourth-order valence-electron chi connectivity index (χ4n) is 2.86. The van der Waals surface area contributed by atoms with Gasteiger partial charge in [-0.15, -0.1) is 0 Å². The molecule has 1 aromatic carbocycles. The second-order valence-electron chi connectivity index (χ2n) is 5.99. The Kier molecular flexibility index (Phi) is 4.06. The Bertz CT molecular complexity index is 995. The molecule has 2 N–H and O–H groups in total. The van der Waals surface area contributed by atoms with Crippen LogP contribution >= 0.6 is 0 Å². The lowest BCUT2D eigenvalue weighted by Crippen LogP contribution is -2.35. The van der Waals surface area contributed by atoms with Gasteiger partial charge in [0.25, 0.3) is 5.91 Å². The summed E-state index contributed by atoms with van der Waals surface area (Å²) < 4.78 is 39.7. The SMILES string of the molecule is O=C1NCCn2nc(-c3cccnc3Nc3ccc(C(F)(F)F)cc3)cc21. The zero-order valence-corrected chi connectivity index (χ0v) is 13.9. The molecule has 0 atom stereocenters. The molecule has 0 unspecified atom stereocenters. The number of rotatable bonds is 3. The van der Waals surface area contributed by atoms with Gasteiger partial charge in [-0.05, 0) is 42.5 Å². The average Bonchev–Trinajstić information content (AvgIpc) is 3.07. The van der Waals surface area contributed by atoms with E-state index < -0.39 is 11.7 Å². The molecule has 0 fully saturated rings. The average molecular weight is 373 g/mol. The predicted octanol–water partition coefficient (Wildman–Crippen LogP) is 3.45. The minimum Gasteiger partial charge on any atom is -0.349 e. The minimum atomic E-state index is -4.38. The van der Waals surface area contributed by atoms with Gasteiger partial charge in [0.05, 0.1) is 17.8 Å². The molecular weight excluding hydrogens is 359 g/mol. The second kappa shape index (κ2) is 6.42. The number of nitrogens with one attached hydrogen (secondary N) is 2. The van der Waals surface area contributed by atoms with Gasteiger partial charge in [-0.3, -0.25) is 9.48 Å². The Balaban J connectivity index is 1.65. The van der Waals surface area contributed by atoms with Crippen LogP contribution in [0.15, 0.2) is 48.7 Å². The van der Waals surface area contributed by atoms with Gasteiger partial charge in [-0.25, -0.2) is 4.98 Å². The summed E-state index contributed by atoms with van der Waals surface area (Å²) in [5, 5.41) is 10.2. The molecule has 0 spiro atoms. The Hall–Kier alpha value is -3.36. The topological polar surface area (TPSA) is 71.8 Å². The predicted molar refractivity (Wildman–Crippen MR) is 92.5 cm³/mol. The normalized spacial score (nSPS) is 13.8. The van der Waals surface area contributed by atoms with Crippen LogP contribution in [0.1, 0.15) is 16.1 Å². The van der Waals surface area contributed by atoms with E-state index in [1.54, 1.807) is 29.1 Å². The first kappa shape index (κ1) is 17.1. The van der Waals surface area contributed by atoms with Crippen LogP contribution < -0.4 is 10.6 Å². The van der Waals surface area contributed by atoms with Gasteiger partial charge in [-0.2, -0.15) is 18.3 Å². The molecule has 0 saturated carbocycles. The van der Waals surface area contributed by atoms with Crippen molar-refractivity contribution in [2.24, 2.45) is 0 Å². The van der Waals surface area contributed by atoms with Crippen molar-refractivity contribution in [2.75, 3.05) is 11.9 Å². The van der Waals surface area contributed by atoms with Gasteiger partial charge < -0.3 is 10.6 Å².